The van der Waals surface area contributed by atoms with Gasteiger partial charge >= 0.3 is 0 Å². The van der Waals surface area contributed by atoms with E-state index in [1.807, 2.05) is 48.8 Å². The van der Waals surface area contributed by atoms with Crippen molar-refractivity contribution in [2.75, 3.05) is 7.11 Å². The highest BCUT2D eigenvalue weighted by Crippen LogP contribution is 2.28. The van der Waals surface area contributed by atoms with Gasteiger partial charge < -0.3 is 9.84 Å². The Hall–Kier alpha value is -3.53. The van der Waals surface area contributed by atoms with Crippen molar-refractivity contribution in [3.8, 4) is 17.2 Å². The van der Waals surface area contributed by atoms with Gasteiger partial charge in [-0.2, -0.15) is 0 Å². The molecule has 128 valence electrons. The third-order valence-electron chi connectivity index (χ3n) is 4.31. The van der Waals surface area contributed by atoms with Crippen molar-refractivity contribution in [1.82, 2.24) is 9.55 Å². The van der Waals surface area contributed by atoms with Crippen molar-refractivity contribution in [2.45, 2.75) is 0 Å². The van der Waals surface area contributed by atoms with Gasteiger partial charge in [0.05, 0.1) is 23.8 Å². The molecule has 0 bridgehead atoms. The number of phenolic OH excluding ortho intramolecular Hbond substituents is 1. The maximum absolute atomic E-state index is 9.73. The molecule has 0 saturated heterocycles. The Morgan fingerprint density at radius 3 is 2.65 bits per heavy atom. The summed E-state index contributed by atoms with van der Waals surface area (Å²) in [5.41, 5.74) is 5.12. The van der Waals surface area contributed by atoms with Crippen LogP contribution in [-0.4, -0.2) is 21.8 Å². The first-order chi connectivity index (χ1) is 12.8. The van der Waals surface area contributed by atoms with Crippen LogP contribution in [0.5, 0.6) is 11.5 Å². The van der Waals surface area contributed by atoms with E-state index in [-0.39, 0.29) is 5.75 Å². The number of imidazole rings is 1. The summed E-state index contributed by atoms with van der Waals surface area (Å²) in [5, 5.41) is 9.73. The van der Waals surface area contributed by atoms with Gasteiger partial charge in [-0.3, -0.25) is 4.57 Å². The van der Waals surface area contributed by atoms with Crippen molar-refractivity contribution in [1.29, 1.82) is 0 Å². The van der Waals surface area contributed by atoms with E-state index in [9.17, 15) is 5.11 Å². The number of methoxy groups -OCH3 is 1. The molecule has 0 aliphatic carbocycles. The Kier molecular flexibility index (Phi) is 4.15. The van der Waals surface area contributed by atoms with Crippen molar-refractivity contribution >= 4 is 23.2 Å². The quantitative estimate of drug-likeness (QED) is 0.536. The van der Waals surface area contributed by atoms with Gasteiger partial charge in [-0.15, -0.1) is 0 Å². The lowest BCUT2D eigenvalue weighted by atomic mass is 10.1. The third-order valence-corrected chi connectivity index (χ3v) is 4.31. The maximum Gasteiger partial charge on any atom is 0.161 e. The average molecular weight is 342 g/mol. The van der Waals surface area contributed by atoms with Crippen molar-refractivity contribution in [2.24, 2.45) is 0 Å². The molecular formula is C22H18N2O2. The van der Waals surface area contributed by atoms with Gasteiger partial charge in [0.15, 0.2) is 11.5 Å². The SMILES string of the molecule is COc1cc(/C=C/c2ccccc2-n2cnc3ccccc32)ccc1O. The van der Waals surface area contributed by atoms with Crippen molar-refractivity contribution < 1.29 is 9.84 Å². The molecule has 3 aromatic carbocycles. The lowest BCUT2D eigenvalue weighted by Gasteiger charge is -2.08. The lowest BCUT2D eigenvalue weighted by Crippen LogP contribution is -1.94. The smallest absolute Gasteiger partial charge is 0.161 e. The number of phenols is 1. The van der Waals surface area contributed by atoms with E-state index in [1.54, 1.807) is 19.2 Å². The van der Waals surface area contributed by atoms with Crippen LogP contribution >= 0.6 is 0 Å². The van der Waals surface area contributed by atoms with Crippen molar-refractivity contribution in [3.05, 3.63) is 84.2 Å². The number of benzene rings is 3. The monoisotopic (exact) mass is 342 g/mol. The molecule has 4 rings (SSSR count). The standard InChI is InChI=1S/C22H18N2O2/c1-26-22-14-16(11-13-21(22)25)10-12-17-6-2-4-8-19(17)24-15-23-18-7-3-5-9-20(18)24/h2-15,25H,1H3/b12-10+. The second kappa shape index (κ2) is 6.76. The van der Waals surface area contributed by atoms with Crippen LogP contribution in [0.2, 0.25) is 0 Å². The molecule has 0 spiro atoms. The van der Waals surface area contributed by atoms with E-state index in [0.29, 0.717) is 5.75 Å². The molecule has 0 aliphatic heterocycles. The highest BCUT2D eigenvalue weighted by atomic mass is 16.5. The molecule has 0 aliphatic rings. The first-order valence-corrected chi connectivity index (χ1v) is 8.33. The van der Waals surface area contributed by atoms with Crippen LogP contribution in [0.25, 0.3) is 28.9 Å². The van der Waals surface area contributed by atoms with Gasteiger partial charge in [0.25, 0.3) is 0 Å². The molecule has 0 fully saturated rings. The topological polar surface area (TPSA) is 47.3 Å². The minimum atomic E-state index is 0.134. The van der Waals surface area contributed by atoms with E-state index in [0.717, 1.165) is 27.8 Å². The number of nitrogens with zero attached hydrogens (tertiary/aromatic N) is 2. The number of para-hydroxylation sites is 3. The summed E-state index contributed by atoms with van der Waals surface area (Å²) < 4.78 is 7.26. The number of aromatic nitrogens is 2. The van der Waals surface area contributed by atoms with E-state index >= 15 is 0 Å². The average Bonchev–Trinajstić information content (AvgIpc) is 3.11. The Labute approximate surface area is 151 Å². The highest BCUT2D eigenvalue weighted by Gasteiger charge is 2.07. The Bertz CT molecular complexity index is 1100. The molecule has 4 heteroatoms. The van der Waals surface area contributed by atoms with E-state index in [1.165, 1.54) is 0 Å². The summed E-state index contributed by atoms with van der Waals surface area (Å²) in [6.07, 6.45) is 5.90. The predicted molar refractivity (Wildman–Crippen MR) is 105 cm³/mol. The molecule has 0 saturated carbocycles. The number of ether oxygens (including phenoxy) is 1. The summed E-state index contributed by atoms with van der Waals surface area (Å²) in [5.74, 6) is 0.593. The number of fused-ring (bicyclic) bond motifs is 1. The van der Waals surface area contributed by atoms with Crippen LogP contribution < -0.4 is 4.74 Å². The van der Waals surface area contributed by atoms with Crippen LogP contribution in [0.15, 0.2) is 73.1 Å². The zero-order chi connectivity index (χ0) is 17.9. The van der Waals surface area contributed by atoms with Crippen molar-refractivity contribution in [3.63, 3.8) is 0 Å². The molecule has 1 N–H and O–H groups in total. The number of aromatic hydroxyl groups is 1. The summed E-state index contributed by atoms with van der Waals surface area (Å²) in [6, 6.07) is 21.5. The van der Waals surface area contributed by atoms with Gasteiger partial charge in [0.1, 0.15) is 6.33 Å². The second-order valence-electron chi connectivity index (χ2n) is 5.93. The normalized spacial score (nSPS) is 11.3. The van der Waals surface area contributed by atoms with Gasteiger partial charge in [-0.25, -0.2) is 4.98 Å². The first-order valence-electron chi connectivity index (χ1n) is 8.33. The zero-order valence-electron chi connectivity index (χ0n) is 14.3. The Morgan fingerprint density at radius 2 is 1.77 bits per heavy atom. The Balaban J connectivity index is 1.75. The predicted octanol–water partition coefficient (Wildman–Crippen LogP) is 4.91. The minimum Gasteiger partial charge on any atom is -0.504 e. The van der Waals surface area contributed by atoms with Gasteiger partial charge in [0, 0.05) is 0 Å². The summed E-state index contributed by atoms with van der Waals surface area (Å²) in [4.78, 5) is 4.48. The molecule has 1 aromatic heterocycles. The molecular weight excluding hydrogens is 324 g/mol. The van der Waals surface area contributed by atoms with Crippen LogP contribution in [0.4, 0.5) is 0 Å². The molecule has 1 heterocycles. The molecule has 26 heavy (non-hydrogen) atoms. The highest BCUT2D eigenvalue weighted by molar-refractivity contribution is 5.80. The Morgan fingerprint density at radius 1 is 0.962 bits per heavy atom. The molecule has 0 unspecified atom stereocenters. The largest absolute Gasteiger partial charge is 0.504 e. The minimum absolute atomic E-state index is 0.134. The molecule has 4 aromatic rings. The van der Waals surface area contributed by atoms with E-state index in [4.69, 9.17) is 4.74 Å². The molecule has 4 nitrogen and oxygen atoms in total. The molecule has 0 radical (unpaired) electrons. The summed E-state index contributed by atoms with van der Waals surface area (Å²) >= 11 is 0. The van der Waals surface area contributed by atoms with Crippen LogP contribution in [0.3, 0.4) is 0 Å². The fraction of sp³-hybridized carbons (Fsp3) is 0.0455. The summed E-state index contributed by atoms with van der Waals surface area (Å²) in [6.45, 7) is 0. The van der Waals surface area contributed by atoms with Gasteiger partial charge in [-0.1, -0.05) is 48.6 Å². The lowest BCUT2D eigenvalue weighted by molar-refractivity contribution is 0.373. The first kappa shape index (κ1) is 16.0. The fourth-order valence-corrected chi connectivity index (χ4v) is 2.98. The van der Waals surface area contributed by atoms with E-state index < -0.39 is 0 Å². The third kappa shape index (κ3) is 2.93. The van der Waals surface area contributed by atoms with Crippen LogP contribution in [0.1, 0.15) is 11.1 Å². The number of hydrogen-bond donors (Lipinski definition) is 1. The van der Waals surface area contributed by atoms with Gasteiger partial charge in [-0.05, 0) is 41.5 Å². The summed E-state index contributed by atoms with van der Waals surface area (Å²) in [7, 11) is 1.54. The molecule has 0 amide bonds. The number of rotatable bonds is 4. The second-order valence-corrected chi connectivity index (χ2v) is 5.93. The van der Waals surface area contributed by atoms with Gasteiger partial charge in [0.2, 0.25) is 0 Å². The zero-order valence-corrected chi connectivity index (χ0v) is 14.3. The van der Waals surface area contributed by atoms with E-state index in [2.05, 4.69) is 33.8 Å². The number of hydrogen-bond acceptors (Lipinski definition) is 3. The van der Waals surface area contributed by atoms with Crippen LogP contribution in [-0.2, 0) is 0 Å². The van der Waals surface area contributed by atoms with Crippen LogP contribution in [0, 0.1) is 0 Å². The molecule has 0 atom stereocenters. The maximum atomic E-state index is 9.73. The fourth-order valence-electron chi connectivity index (χ4n) is 2.98.